The summed E-state index contributed by atoms with van der Waals surface area (Å²) in [5, 5.41) is 18.6. The van der Waals surface area contributed by atoms with Crippen LogP contribution in [0.3, 0.4) is 0 Å². The topological polar surface area (TPSA) is 99.3 Å². The molecule has 1 amide bonds. The minimum atomic E-state index is -0.511. The number of amides is 1. The van der Waals surface area contributed by atoms with E-state index in [0.717, 1.165) is 22.4 Å². The number of nitro benzene ring substituents is 1. The third kappa shape index (κ3) is 4.58. The molecule has 162 valence electrons. The first kappa shape index (κ1) is 22.0. The summed E-state index contributed by atoms with van der Waals surface area (Å²) < 4.78 is 7.73. The Kier molecular flexibility index (Phi) is 6.10. The molecule has 0 radical (unpaired) electrons. The number of nitro groups is 1. The number of non-ortho nitro benzene ring substituents is 1. The van der Waals surface area contributed by atoms with Crippen LogP contribution < -0.4 is 10.1 Å². The number of hydrogen-bond donors (Lipinski definition) is 1. The van der Waals surface area contributed by atoms with E-state index in [1.54, 1.807) is 17.7 Å². The molecule has 3 rings (SSSR count). The second-order valence-corrected chi connectivity index (χ2v) is 7.60. The Morgan fingerprint density at radius 1 is 1.13 bits per heavy atom. The van der Waals surface area contributed by atoms with Gasteiger partial charge in [0.1, 0.15) is 11.5 Å². The first-order valence-corrected chi connectivity index (χ1v) is 10.0. The van der Waals surface area contributed by atoms with E-state index in [4.69, 9.17) is 4.74 Å². The molecule has 0 aliphatic heterocycles. The van der Waals surface area contributed by atoms with Crippen LogP contribution in [0.5, 0.6) is 11.5 Å². The van der Waals surface area contributed by atoms with Crippen molar-refractivity contribution in [2.45, 2.75) is 48.1 Å². The number of benzene rings is 2. The molecule has 0 spiro atoms. The Balaban J connectivity index is 1.97. The van der Waals surface area contributed by atoms with E-state index >= 15 is 0 Å². The van der Waals surface area contributed by atoms with E-state index < -0.39 is 4.92 Å². The molecule has 0 aliphatic carbocycles. The molecule has 0 saturated heterocycles. The SMILES string of the molecule is CCn1nc(C)c(C(=O)Nc2cc(Oc3cc(C)cc(C)c3C)cc([N+](=O)[O-])c2)c1C. The van der Waals surface area contributed by atoms with Crippen LogP contribution in [0.1, 0.15) is 45.4 Å². The summed E-state index contributed by atoms with van der Waals surface area (Å²) in [5.41, 5.74) is 4.94. The van der Waals surface area contributed by atoms with Crippen LogP contribution in [0.2, 0.25) is 0 Å². The normalized spacial score (nSPS) is 10.8. The van der Waals surface area contributed by atoms with Crippen molar-refractivity contribution in [2.24, 2.45) is 0 Å². The average Bonchev–Trinajstić information content (AvgIpc) is 2.98. The van der Waals surface area contributed by atoms with Crippen molar-refractivity contribution < 1.29 is 14.5 Å². The van der Waals surface area contributed by atoms with E-state index in [1.807, 2.05) is 46.8 Å². The fourth-order valence-corrected chi connectivity index (χ4v) is 3.58. The minimum Gasteiger partial charge on any atom is -0.457 e. The quantitative estimate of drug-likeness (QED) is 0.424. The third-order valence-electron chi connectivity index (χ3n) is 5.26. The fraction of sp³-hybridized carbons (Fsp3) is 0.304. The molecule has 8 nitrogen and oxygen atoms in total. The molecular weight excluding hydrogens is 396 g/mol. The van der Waals surface area contributed by atoms with Gasteiger partial charge in [-0.05, 0) is 64.3 Å². The molecule has 0 fully saturated rings. The number of carbonyl (C=O) groups excluding carboxylic acids is 1. The average molecular weight is 422 g/mol. The first-order valence-electron chi connectivity index (χ1n) is 10.0. The highest BCUT2D eigenvalue weighted by molar-refractivity contribution is 6.06. The van der Waals surface area contributed by atoms with Crippen molar-refractivity contribution >= 4 is 17.3 Å². The summed E-state index contributed by atoms with van der Waals surface area (Å²) in [6.07, 6.45) is 0. The molecule has 1 N–H and O–H groups in total. The zero-order chi connectivity index (χ0) is 22.9. The fourth-order valence-electron chi connectivity index (χ4n) is 3.58. The third-order valence-corrected chi connectivity index (χ3v) is 5.26. The van der Waals surface area contributed by atoms with Gasteiger partial charge in [0.15, 0.2) is 0 Å². The van der Waals surface area contributed by atoms with Crippen molar-refractivity contribution in [3.05, 3.63) is 74.1 Å². The summed E-state index contributed by atoms with van der Waals surface area (Å²) in [6, 6.07) is 8.16. The van der Waals surface area contributed by atoms with Gasteiger partial charge in [-0.25, -0.2) is 0 Å². The van der Waals surface area contributed by atoms with Gasteiger partial charge in [-0.1, -0.05) is 6.07 Å². The highest BCUT2D eigenvalue weighted by Crippen LogP contribution is 2.33. The highest BCUT2D eigenvalue weighted by atomic mass is 16.6. The molecule has 0 atom stereocenters. The van der Waals surface area contributed by atoms with E-state index in [0.29, 0.717) is 23.6 Å². The van der Waals surface area contributed by atoms with Gasteiger partial charge in [0, 0.05) is 24.4 Å². The number of ether oxygens (including phenoxy) is 1. The van der Waals surface area contributed by atoms with Crippen molar-refractivity contribution in [1.29, 1.82) is 0 Å². The predicted octanol–water partition coefficient (Wildman–Crippen LogP) is 5.40. The Bertz CT molecular complexity index is 1180. The van der Waals surface area contributed by atoms with Crippen molar-refractivity contribution in [1.82, 2.24) is 9.78 Å². The van der Waals surface area contributed by atoms with Gasteiger partial charge in [0.05, 0.1) is 27.9 Å². The smallest absolute Gasteiger partial charge is 0.275 e. The first-order chi connectivity index (χ1) is 14.6. The van der Waals surface area contributed by atoms with Crippen molar-refractivity contribution in [2.75, 3.05) is 5.32 Å². The van der Waals surface area contributed by atoms with Gasteiger partial charge in [-0.3, -0.25) is 19.6 Å². The largest absolute Gasteiger partial charge is 0.457 e. The number of aryl methyl sites for hydroxylation is 4. The summed E-state index contributed by atoms with van der Waals surface area (Å²) in [4.78, 5) is 23.9. The van der Waals surface area contributed by atoms with Gasteiger partial charge in [0.2, 0.25) is 0 Å². The van der Waals surface area contributed by atoms with Crippen LogP contribution in [0.15, 0.2) is 30.3 Å². The van der Waals surface area contributed by atoms with Gasteiger partial charge >= 0.3 is 0 Å². The molecule has 8 heteroatoms. The number of carbonyl (C=O) groups is 1. The number of nitrogens with one attached hydrogen (secondary N) is 1. The summed E-state index contributed by atoms with van der Waals surface area (Å²) in [6.45, 7) is 12.0. The predicted molar refractivity (Wildman–Crippen MR) is 119 cm³/mol. The van der Waals surface area contributed by atoms with Crippen LogP contribution in [0, 0.1) is 44.7 Å². The Labute approximate surface area is 181 Å². The molecule has 1 heterocycles. The lowest BCUT2D eigenvalue weighted by atomic mass is 10.1. The molecular formula is C23H26N4O4. The van der Waals surface area contributed by atoms with Gasteiger partial charge < -0.3 is 10.1 Å². The highest BCUT2D eigenvalue weighted by Gasteiger charge is 2.20. The molecule has 1 aromatic heterocycles. The lowest BCUT2D eigenvalue weighted by Gasteiger charge is -2.13. The number of anilines is 1. The zero-order valence-electron chi connectivity index (χ0n) is 18.6. The van der Waals surface area contributed by atoms with Gasteiger partial charge in [0.25, 0.3) is 11.6 Å². The Morgan fingerprint density at radius 3 is 2.45 bits per heavy atom. The summed E-state index contributed by atoms with van der Waals surface area (Å²) >= 11 is 0. The Morgan fingerprint density at radius 2 is 1.84 bits per heavy atom. The van der Waals surface area contributed by atoms with Crippen molar-refractivity contribution in [3.63, 3.8) is 0 Å². The zero-order valence-corrected chi connectivity index (χ0v) is 18.6. The molecule has 2 aromatic carbocycles. The molecule has 0 unspecified atom stereocenters. The summed E-state index contributed by atoms with van der Waals surface area (Å²) in [7, 11) is 0. The van der Waals surface area contributed by atoms with Crippen LogP contribution in [-0.4, -0.2) is 20.6 Å². The maximum atomic E-state index is 12.9. The van der Waals surface area contributed by atoms with E-state index in [9.17, 15) is 14.9 Å². The second-order valence-electron chi connectivity index (χ2n) is 7.60. The maximum Gasteiger partial charge on any atom is 0.275 e. The molecule has 3 aromatic rings. The van der Waals surface area contributed by atoms with Crippen LogP contribution in [0.25, 0.3) is 0 Å². The molecule has 0 aliphatic rings. The maximum absolute atomic E-state index is 12.9. The number of aromatic nitrogens is 2. The van der Waals surface area contributed by atoms with Crippen molar-refractivity contribution in [3.8, 4) is 11.5 Å². The number of hydrogen-bond acceptors (Lipinski definition) is 5. The van der Waals surface area contributed by atoms with E-state index in [2.05, 4.69) is 10.4 Å². The Hall–Kier alpha value is -3.68. The van der Waals surface area contributed by atoms with Gasteiger partial charge in [-0.15, -0.1) is 0 Å². The monoisotopic (exact) mass is 422 g/mol. The summed E-state index contributed by atoms with van der Waals surface area (Å²) in [5.74, 6) is 0.519. The molecule has 0 saturated carbocycles. The standard InChI is InChI=1S/C23H26N4O4/c1-7-26-17(6)22(16(5)25-26)23(28)24-18-10-19(27(29)30)12-20(11-18)31-21-9-13(2)8-14(3)15(21)4/h8-12H,7H2,1-6H3,(H,24,28). The second kappa shape index (κ2) is 8.59. The lowest BCUT2D eigenvalue weighted by molar-refractivity contribution is -0.384. The van der Waals surface area contributed by atoms with Crippen LogP contribution in [0.4, 0.5) is 11.4 Å². The van der Waals surface area contributed by atoms with Crippen LogP contribution in [-0.2, 0) is 6.54 Å². The van der Waals surface area contributed by atoms with Gasteiger partial charge in [-0.2, -0.15) is 5.10 Å². The van der Waals surface area contributed by atoms with E-state index in [1.165, 1.54) is 12.1 Å². The minimum absolute atomic E-state index is 0.174. The molecule has 31 heavy (non-hydrogen) atoms. The lowest BCUT2D eigenvalue weighted by Crippen LogP contribution is -2.14. The number of nitrogens with zero attached hydrogens (tertiary/aromatic N) is 3. The van der Waals surface area contributed by atoms with Crippen LogP contribution >= 0.6 is 0 Å². The number of rotatable bonds is 6. The molecule has 0 bridgehead atoms. The van der Waals surface area contributed by atoms with E-state index in [-0.39, 0.29) is 23.0 Å².